The van der Waals surface area contributed by atoms with E-state index in [0.29, 0.717) is 17.9 Å². The van der Waals surface area contributed by atoms with Crippen molar-refractivity contribution >= 4 is 11.8 Å². The largest absolute Gasteiger partial charge is 0.380 e. The van der Waals surface area contributed by atoms with E-state index in [4.69, 9.17) is 5.73 Å². The number of rotatable bonds is 13. The Hall–Kier alpha value is -1.23. The van der Waals surface area contributed by atoms with Crippen molar-refractivity contribution in [1.29, 1.82) is 0 Å². The van der Waals surface area contributed by atoms with Crippen LogP contribution in [-0.4, -0.2) is 29.4 Å². The van der Waals surface area contributed by atoms with Gasteiger partial charge in [-0.25, -0.2) is 0 Å². The zero-order chi connectivity index (χ0) is 30.5. The summed E-state index contributed by atoms with van der Waals surface area (Å²) < 4.78 is 0. The van der Waals surface area contributed by atoms with E-state index >= 15 is 0 Å². The lowest BCUT2D eigenvalue weighted by Crippen LogP contribution is -2.46. The molecule has 0 bridgehead atoms. The summed E-state index contributed by atoms with van der Waals surface area (Å²) in [6.07, 6.45) is 15.9. The Morgan fingerprint density at radius 2 is 1.80 bits per heavy atom. The van der Waals surface area contributed by atoms with Crippen molar-refractivity contribution in [1.82, 2.24) is 10.6 Å². The van der Waals surface area contributed by atoms with E-state index < -0.39 is 0 Å². The molecule has 0 heterocycles. The summed E-state index contributed by atoms with van der Waals surface area (Å²) in [5.41, 5.74) is 12.5. The molecule has 0 amide bonds. The summed E-state index contributed by atoms with van der Waals surface area (Å²) in [7, 11) is 0. The smallest absolute Gasteiger partial charge is 0.0352 e. The van der Waals surface area contributed by atoms with Crippen molar-refractivity contribution in [2.24, 2.45) is 17.6 Å². The lowest BCUT2D eigenvalue weighted by Gasteiger charge is -2.35. The van der Waals surface area contributed by atoms with Gasteiger partial charge in [0.15, 0.2) is 0 Å². The van der Waals surface area contributed by atoms with Gasteiger partial charge in [-0.05, 0) is 149 Å². The first-order chi connectivity index (χ1) is 18.6. The minimum atomic E-state index is 0.0410. The van der Waals surface area contributed by atoms with E-state index in [2.05, 4.69) is 117 Å². The molecule has 0 fully saturated rings. The third-order valence-corrected chi connectivity index (χ3v) is 9.01. The van der Waals surface area contributed by atoms with Gasteiger partial charge in [-0.2, -0.15) is 0 Å². The molecule has 40 heavy (non-hydrogen) atoms. The van der Waals surface area contributed by atoms with Crippen LogP contribution < -0.4 is 16.4 Å². The van der Waals surface area contributed by atoms with Crippen molar-refractivity contribution in [3.8, 4) is 0 Å². The second kappa shape index (κ2) is 17.7. The molecule has 0 aromatic carbocycles. The zero-order valence-electron chi connectivity index (χ0n) is 28.1. The highest BCUT2D eigenvalue weighted by molar-refractivity contribution is 8.03. The second-order valence-electron chi connectivity index (χ2n) is 14.2. The second-order valence-corrected chi connectivity index (χ2v) is 15.4. The van der Waals surface area contributed by atoms with Crippen LogP contribution in [0.3, 0.4) is 0 Å². The minimum Gasteiger partial charge on any atom is -0.380 e. The maximum absolute atomic E-state index is 5.40. The highest BCUT2D eigenvalue weighted by Crippen LogP contribution is 2.37. The van der Waals surface area contributed by atoms with E-state index in [1.165, 1.54) is 72.3 Å². The fraction of sp³-hybridized carbons (Fsp3) is 0.722. The Morgan fingerprint density at radius 3 is 2.33 bits per heavy atom. The molecule has 4 heteroatoms. The summed E-state index contributed by atoms with van der Waals surface area (Å²) in [5, 5.41) is 7.42. The van der Waals surface area contributed by atoms with Gasteiger partial charge in [-0.15, -0.1) is 11.8 Å². The van der Waals surface area contributed by atoms with Crippen LogP contribution in [0.5, 0.6) is 0 Å². The summed E-state index contributed by atoms with van der Waals surface area (Å²) in [5.74, 6) is 2.54. The number of nitrogens with one attached hydrogen (secondary N) is 2. The monoisotopic (exact) mass is 571 g/mol. The molecule has 3 nitrogen and oxygen atoms in total. The molecule has 3 unspecified atom stereocenters. The van der Waals surface area contributed by atoms with Gasteiger partial charge in [0.2, 0.25) is 0 Å². The Bertz CT molecular complexity index is 894. The van der Waals surface area contributed by atoms with Gasteiger partial charge in [0, 0.05) is 28.4 Å². The Kier molecular flexibility index (Phi) is 16.2. The number of hydrogen-bond acceptors (Lipinski definition) is 4. The summed E-state index contributed by atoms with van der Waals surface area (Å²) >= 11 is 2.06. The molecule has 230 valence electrons. The lowest BCUT2D eigenvalue weighted by molar-refractivity contribution is 0.296. The third kappa shape index (κ3) is 14.6. The molecule has 3 atom stereocenters. The molecule has 0 aliphatic heterocycles. The summed E-state index contributed by atoms with van der Waals surface area (Å²) in [6.45, 7) is 31.4. The van der Waals surface area contributed by atoms with E-state index in [0.717, 1.165) is 25.1 Å². The molecule has 0 saturated carbocycles. The zero-order valence-corrected chi connectivity index (χ0v) is 28.9. The van der Waals surface area contributed by atoms with Crippen molar-refractivity contribution in [2.75, 3.05) is 12.3 Å². The summed E-state index contributed by atoms with van der Waals surface area (Å²) in [6, 6.07) is 0.548. The molecule has 2 rings (SSSR count). The van der Waals surface area contributed by atoms with Gasteiger partial charge in [0.1, 0.15) is 0 Å². The van der Waals surface area contributed by atoms with Gasteiger partial charge in [0.25, 0.3) is 0 Å². The predicted octanol–water partition coefficient (Wildman–Crippen LogP) is 9.84. The molecule has 4 N–H and O–H groups in total. The molecule has 0 aromatic rings. The normalized spacial score (nSPS) is 19.6. The summed E-state index contributed by atoms with van der Waals surface area (Å²) in [4.78, 5) is 1.52. The fourth-order valence-corrected chi connectivity index (χ4v) is 6.96. The Morgan fingerprint density at radius 1 is 1.12 bits per heavy atom. The molecule has 2 aliphatic rings. The molecule has 2 aliphatic carbocycles. The first-order valence-corrected chi connectivity index (χ1v) is 16.9. The minimum absolute atomic E-state index is 0.0410. The van der Waals surface area contributed by atoms with E-state index in [1.54, 1.807) is 5.57 Å². The number of allylic oxidation sites excluding steroid dienone is 5. The van der Waals surface area contributed by atoms with Gasteiger partial charge in [-0.3, -0.25) is 0 Å². The van der Waals surface area contributed by atoms with Crippen molar-refractivity contribution in [3.05, 3.63) is 58.2 Å². The SMILES string of the molecule is C=C(C)C(CC)CCN.C=C(NC(C)(C)C)C1=C(SCCCC2=CCCCC2C(C)NC(C)(C)C)CCC(C)=C1. The number of nitrogens with two attached hydrogens (primary N) is 1. The standard InChI is InChI=1S/C28H48N2S.C8H17N/c1-20-16-17-26(25(19-20)22(3)30-28(7,8)9)31-18-12-14-23-13-10-11-15-24(23)21(2)29-27(4,5)6;1-4-8(5-6-9)7(2)3/h13,19,21,24,29-30H,3,10-12,14-18H2,1-2,4-9H3;8H,2,4-6,9H2,1,3H3. The van der Waals surface area contributed by atoms with Crippen molar-refractivity contribution in [3.63, 3.8) is 0 Å². The van der Waals surface area contributed by atoms with Crippen LogP contribution in [0.2, 0.25) is 0 Å². The van der Waals surface area contributed by atoms with Crippen LogP contribution in [0.1, 0.15) is 127 Å². The molecule has 0 saturated heterocycles. The van der Waals surface area contributed by atoms with E-state index in [1.807, 2.05) is 0 Å². The molecule has 0 aromatic heterocycles. The van der Waals surface area contributed by atoms with Crippen LogP contribution >= 0.6 is 11.8 Å². The molecular formula is C36H65N3S. The van der Waals surface area contributed by atoms with Crippen LogP contribution in [0.15, 0.2) is 58.2 Å². The quantitative estimate of drug-likeness (QED) is 0.152. The number of hydrogen-bond donors (Lipinski definition) is 3. The molecule has 0 spiro atoms. The topological polar surface area (TPSA) is 50.1 Å². The average Bonchev–Trinajstić information content (AvgIpc) is 2.84. The third-order valence-electron chi connectivity index (χ3n) is 7.75. The fourth-order valence-electron chi connectivity index (χ4n) is 5.85. The van der Waals surface area contributed by atoms with Gasteiger partial charge >= 0.3 is 0 Å². The van der Waals surface area contributed by atoms with Crippen LogP contribution in [0, 0.1) is 11.8 Å². The Balaban J connectivity index is 0.000000763. The van der Waals surface area contributed by atoms with Gasteiger partial charge in [-0.1, -0.05) is 49.0 Å². The van der Waals surface area contributed by atoms with Gasteiger partial charge < -0.3 is 16.4 Å². The maximum atomic E-state index is 5.40. The van der Waals surface area contributed by atoms with Crippen molar-refractivity contribution in [2.45, 2.75) is 144 Å². The van der Waals surface area contributed by atoms with Crippen LogP contribution in [0.4, 0.5) is 0 Å². The van der Waals surface area contributed by atoms with Crippen molar-refractivity contribution < 1.29 is 0 Å². The first kappa shape index (κ1) is 36.8. The first-order valence-electron chi connectivity index (χ1n) is 15.9. The highest BCUT2D eigenvalue weighted by Gasteiger charge is 2.26. The van der Waals surface area contributed by atoms with E-state index in [9.17, 15) is 0 Å². The highest BCUT2D eigenvalue weighted by atomic mass is 32.2. The number of thioether (sulfide) groups is 1. The Labute approximate surface area is 254 Å². The maximum Gasteiger partial charge on any atom is 0.0352 e. The van der Waals surface area contributed by atoms with Crippen LogP contribution in [0.25, 0.3) is 0 Å². The van der Waals surface area contributed by atoms with E-state index in [-0.39, 0.29) is 11.1 Å². The van der Waals surface area contributed by atoms with Gasteiger partial charge in [0.05, 0.1) is 0 Å². The molecule has 0 radical (unpaired) electrons. The lowest BCUT2D eigenvalue weighted by atomic mass is 9.80. The predicted molar refractivity (Wildman–Crippen MR) is 184 cm³/mol. The average molecular weight is 572 g/mol. The van der Waals surface area contributed by atoms with Crippen LogP contribution in [-0.2, 0) is 0 Å². The molecular weight excluding hydrogens is 506 g/mol.